The maximum atomic E-state index is 13.9. The molecule has 25 heavy (non-hydrogen) atoms. The molecule has 3 rings (SSSR count). The van der Waals surface area contributed by atoms with E-state index in [1.807, 2.05) is 35.2 Å². The number of hydrogen-bond donors (Lipinski definition) is 0. The molecule has 0 saturated carbocycles. The van der Waals surface area contributed by atoms with Gasteiger partial charge in [0.25, 0.3) is 0 Å². The molecule has 0 unspecified atom stereocenters. The van der Waals surface area contributed by atoms with E-state index in [-0.39, 0.29) is 10.7 Å². The minimum atomic E-state index is -0.464. The van der Waals surface area contributed by atoms with Gasteiger partial charge in [0.2, 0.25) is 0 Å². The Morgan fingerprint density at radius 1 is 1.24 bits per heavy atom. The van der Waals surface area contributed by atoms with Gasteiger partial charge in [-0.05, 0) is 18.1 Å². The quantitative estimate of drug-likeness (QED) is 0.476. The first-order valence-corrected chi connectivity index (χ1v) is 8.55. The van der Waals surface area contributed by atoms with Gasteiger partial charge in [0.15, 0.2) is 0 Å². The van der Waals surface area contributed by atoms with Gasteiger partial charge in [0.1, 0.15) is 11.0 Å². The van der Waals surface area contributed by atoms with Crippen molar-refractivity contribution in [2.75, 3.05) is 44.3 Å². The lowest BCUT2D eigenvalue weighted by Crippen LogP contribution is -2.40. The topological polar surface area (TPSA) is 28.6 Å². The van der Waals surface area contributed by atoms with Crippen molar-refractivity contribution in [2.24, 2.45) is 0 Å². The number of pyridine rings is 1. The summed E-state index contributed by atoms with van der Waals surface area (Å²) in [6.07, 6.45) is 1.36. The van der Waals surface area contributed by atoms with E-state index in [0.29, 0.717) is 0 Å². The zero-order valence-corrected chi connectivity index (χ0v) is 14.5. The third-order valence-electron chi connectivity index (χ3n) is 3.96. The summed E-state index contributed by atoms with van der Waals surface area (Å²) in [4.78, 5) is 8.17. The van der Waals surface area contributed by atoms with E-state index < -0.39 is 5.82 Å². The number of morpholine rings is 1. The van der Waals surface area contributed by atoms with Gasteiger partial charge in [-0.3, -0.25) is 9.80 Å². The summed E-state index contributed by atoms with van der Waals surface area (Å²) in [6.45, 7) is 4.96. The number of benzene rings is 1. The highest BCUT2D eigenvalue weighted by molar-refractivity contribution is 6.29. The molecule has 1 aromatic carbocycles. The van der Waals surface area contributed by atoms with Crippen molar-refractivity contribution in [1.82, 2.24) is 9.88 Å². The third-order valence-corrected chi connectivity index (χ3v) is 4.16. The second kappa shape index (κ2) is 8.82. The molecular weight excluding hydrogens is 341 g/mol. The summed E-state index contributed by atoms with van der Waals surface area (Å²) in [7, 11) is 0. The summed E-state index contributed by atoms with van der Waals surface area (Å²) in [6, 6.07) is 14.1. The predicted molar refractivity (Wildman–Crippen MR) is 97.1 cm³/mol. The van der Waals surface area contributed by atoms with Crippen LogP contribution in [0.3, 0.4) is 0 Å². The van der Waals surface area contributed by atoms with Crippen molar-refractivity contribution in [3.8, 4) is 12.0 Å². The first-order valence-electron chi connectivity index (χ1n) is 8.18. The zero-order valence-electron chi connectivity index (χ0n) is 13.8. The Bertz CT molecular complexity index is 754. The van der Waals surface area contributed by atoms with Crippen LogP contribution < -0.4 is 4.90 Å². The van der Waals surface area contributed by atoms with Crippen molar-refractivity contribution >= 4 is 17.3 Å². The average Bonchev–Trinajstić information content (AvgIpc) is 2.65. The standard InChI is InChI=1S/C19H19ClFN3O/c20-19-14-18(21)16(15-22-19)6-7-24(17-4-2-1-3-5-17)9-8-23-10-12-25-13-11-23/h1-5,14-15H,8-13H2. The van der Waals surface area contributed by atoms with Crippen LogP contribution in [0.2, 0.25) is 5.15 Å². The van der Waals surface area contributed by atoms with E-state index in [1.165, 1.54) is 12.3 Å². The molecule has 4 nitrogen and oxygen atoms in total. The van der Waals surface area contributed by atoms with Crippen molar-refractivity contribution < 1.29 is 9.13 Å². The molecule has 2 aromatic rings. The molecule has 0 spiro atoms. The zero-order chi connectivity index (χ0) is 17.5. The molecule has 0 N–H and O–H groups in total. The Morgan fingerprint density at radius 2 is 2.00 bits per heavy atom. The van der Waals surface area contributed by atoms with Gasteiger partial charge in [-0.25, -0.2) is 9.37 Å². The van der Waals surface area contributed by atoms with E-state index >= 15 is 0 Å². The van der Waals surface area contributed by atoms with Crippen molar-refractivity contribution in [3.05, 3.63) is 59.1 Å². The normalized spacial score (nSPS) is 14.6. The highest BCUT2D eigenvalue weighted by Gasteiger charge is 2.12. The van der Waals surface area contributed by atoms with Gasteiger partial charge < -0.3 is 4.74 Å². The number of hydrogen-bond acceptors (Lipinski definition) is 4. The van der Waals surface area contributed by atoms with Crippen LogP contribution in [0.5, 0.6) is 0 Å². The maximum absolute atomic E-state index is 13.9. The van der Waals surface area contributed by atoms with E-state index in [1.54, 1.807) is 0 Å². The summed E-state index contributed by atoms with van der Waals surface area (Å²) < 4.78 is 19.3. The number of aromatic nitrogens is 1. The van der Waals surface area contributed by atoms with Gasteiger partial charge in [0.05, 0.1) is 18.8 Å². The fourth-order valence-electron chi connectivity index (χ4n) is 2.55. The fourth-order valence-corrected chi connectivity index (χ4v) is 2.70. The number of ether oxygens (including phenoxy) is 1. The van der Waals surface area contributed by atoms with E-state index in [4.69, 9.17) is 16.3 Å². The molecule has 2 heterocycles. The first kappa shape index (κ1) is 17.7. The molecule has 0 radical (unpaired) electrons. The lowest BCUT2D eigenvalue weighted by Gasteiger charge is -2.28. The third kappa shape index (κ3) is 5.17. The highest BCUT2D eigenvalue weighted by atomic mass is 35.5. The van der Waals surface area contributed by atoms with Crippen LogP contribution in [0, 0.1) is 17.8 Å². The molecule has 1 aliphatic heterocycles. The Labute approximate surface area is 152 Å². The van der Waals surface area contributed by atoms with Crippen LogP contribution in [0.1, 0.15) is 5.56 Å². The number of anilines is 1. The second-order valence-electron chi connectivity index (χ2n) is 5.66. The Hall–Kier alpha value is -2.13. The molecule has 0 atom stereocenters. The number of nitrogens with zero attached hydrogens (tertiary/aromatic N) is 3. The molecule has 0 amide bonds. The van der Waals surface area contributed by atoms with Crippen molar-refractivity contribution in [1.29, 1.82) is 0 Å². The van der Waals surface area contributed by atoms with Crippen LogP contribution in [0.25, 0.3) is 0 Å². The first-order chi connectivity index (χ1) is 12.2. The van der Waals surface area contributed by atoms with Gasteiger partial charge in [-0.15, -0.1) is 0 Å². The Balaban J connectivity index is 1.76. The molecular formula is C19H19ClFN3O. The molecule has 0 aliphatic carbocycles. The predicted octanol–water partition coefficient (Wildman–Crippen LogP) is 3.02. The SMILES string of the molecule is Fc1cc(Cl)ncc1C#CN(CCN1CCOCC1)c1ccccc1. The average molecular weight is 360 g/mol. The van der Waals surface area contributed by atoms with Gasteiger partial charge >= 0.3 is 0 Å². The van der Waals surface area contributed by atoms with Gasteiger partial charge in [-0.2, -0.15) is 0 Å². The smallest absolute Gasteiger partial charge is 0.143 e. The molecule has 1 aromatic heterocycles. The van der Waals surface area contributed by atoms with Crippen LogP contribution in [0.4, 0.5) is 10.1 Å². The molecule has 1 fully saturated rings. The summed E-state index contributed by atoms with van der Waals surface area (Å²) in [5, 5.41) is 0.121. The maximum Gasteiger partial charge on any atom is 0.143 e. The highest BCUT2D eigenvalue weighted by Crippen LogP contribution is 2.14. The monoisotopic (exact) mass is 359 g/mol. The largest absolute Gasteiger partial charge is 0.379 e. The minimum absolute atomic E-state index is 0.121. The van der Waals surface area contributed by atoms with Crippen LogP contribution >= 0.6 is 11.6 Å². The lowest BCUT2D eigenvalue weighted by molar-refractivity contribution is 0.0394. The molecule has 130 valence electrons. The van der Waals surface area contributed by atoms with Crippen LogP contribution in [-0.4, -0.2) is 49.3 Å². The van der Waals surface area contributed by atoms with Gasteiger partial charge in [0, 0.05) is 50.2 Å². The van der Waals surface area contributed by atoms with Crippen molar-refractivity contribution in [2.45, 2.75) is 0 Å². The molecule has 0 bridgehead atoms. The summed E-state index contributed by atoms with van der Waals surface area (Å²) >= 11 is 5.69. The number of rotatable bonds is 4. The molecule has 1 aliphatic rings. The fraction of sp³-hybridized carbons (Fsp3) is 0.316. The molecule has 6 heteroatoms. The van der Waals surface area contributed by atoms with E-state index in [2.05, 4.69) is 21.8 Å². The van der Waals surface area contributed by atoms with Gasteiger partial charge in [-0.1, -0.05) is 29.8 Å². The summed E-state index contributed by atoms with van der Waals surface area (Å²) in [5.74, 6) is 2.40. The number of halogens is 2. The Kier molecular flexibility index (Phi) is 6.24. The number of para-hydroxylation sites is 1. The summed E-state index contributed by atoms with van der Waals surface area (Å²) in [5.41, 5.74) is 1.21. The van der Waals surface area contributed by atoms with Crippen LogP contribution in [0.15, 0.2) is 42.6 Å². The van der Waals surface area contributed by atoms with Crippen molar-refractivity contribution in [3.63, 3.8) is 0 Å². The second-order valence-corrected chi connectivity index (χ2v) is 6.05. The van der Waals surface area contributed by atoms with Crippen LogP contribution in [-0.2, 0) is 4.74 Å². The minimum Gasteiger partial charge on any atom is -0.379 e. The lowest BCUT2D eigenvalue weighted by atomic mass is 10.2. The van der Waals surface area contributed by atoms with E-state index in [0.717, 1.165) is 45.1 Å². The molecule has 1 saturated heterocycles. The Morgan fingerprint density at radius 3 is 2.72 bits per heavy atom. The van der Waals surface area contributed by atoms with E-state index in [9.17, 15) is 4.39 Å².